The van der Waals surface area contributed by atoms with Crippen molar-refractivity contribution in [2.45, 2.75) is 38.3 Å². The standard InChI is InChI=1S/C26H25N5O3/c27-16-19-12-10-18(11-13-19)14-15-22(32)31(21-8-4-5-9-21)23-24(28)30(26(34)29-25(23)33)17-20-6-2-1-3-7-20/h1-3,6-7,10-15,21H,4-5,8-9,17,28H2,(H,29,33,34). The zero-order valence-corrected chi connectivity index (χ0v) is 18.6. The first-order valence-electron chi connectivity index (χ1n) is 11.2. The highest BCUT2D eigenvalue weighted by molar-refractivity contribution is 6.05. The van der Waals surface area contributed by atoms with Gasteiger partial charge in [0.25, 0.3) is 11.5 Å². The van der Waals surface area contributed by atoms with Crippen molar-refractivity contribution in [3.8, 4) is 6.07 Å². The Kier molecular flexibility index (Phi) is 6.74. The van der Waals surface area contributed by atoms with E-state index in [4.69, 9.17) is 11.0 Å². The molecule has 2 aromatic carbocycles. The molecule has 1 aliphatic rings. The average molecular weight is 456 g/mol. The number of amides is 1. The van der Waals surface area contributed by atoms with E-state index >= 15 is 0 Å². The van der Waals surface area contributed by atoms with E-state index in [2.05, 4.69) is 11.1 Å². The van der Waals surface area contributed by atoms with Crippen LogP contribution in [0, 0.1) is 11.3 Å². The average Bonchev–Trinajstić information content (AvgIpc) is 3.38. The number of nitrogen functional groups attached to an aromatic ring is 1. The first-order chi connectivity index (χ1) is 16.5. The summed E-state index contributed by atoms with van der Waals surface area (Å²) in [5, 5.41) is 8.96. The molecule has 8 nitrogen and oxygen atoms in total. The highest BCUT2D eigenvalue weighted by Crippen LogP contribution is 2.29. The van der Waals surface area contributed by atoms with Gasteiger partial charge in [-0.2, -0.15) is 5.26 Å². The molecule has 0 aliphatic heterocycles. The minimum atomic E-state index is -0.682. The lowest BCUT2D eigenvalue weighted by Gasteiger charge is -2.29. The van der Waals surface area contributed by atoms with Gasteiger partial charge in [-0.25, -0.2) is 4.79 Å². The van der Waals surface area contributed by atoms with E-state index in [9.17, 15) is 14.4 Å². The molecule has 1 saturated carbocycles. The van der Waals surface area contributed by atoms with Crippen LogP contribution in [0.5, 0.6) is 0 Å². The molecule has 1 amide bonds. The molecule has 1 fully saturated rings. The van der Waals surface area contributed by atoms with Crippen LogP contribution in [-0.4, -0.2) is 21.5 Å². The molecule has 3 N–H and O–H groups in total. The second-order valence-electron chi connectivity index (χ2n) is 8.28. The number of H-pyrrole nitrogens is 1. The van der Waals surface area contributed by atoms with Crippen LogP contribution in [0.4, 0.5) is 11.5 Å². The Hall–Kier alpha value is -4.38. The maximum absolute atomic E-state index is 13.4. The Balaban J connectivity index is 1.73. The number of hydrogen-bond donors (Lipinski definition) is 2. The van der Waals surface area contributed by atoms with Crippen LogP contribution in [0.15, 0.2) is 70.3 Å². The number of nitriles is 1. The van der Waals surface area contributed by atoms with Crippen LogP contribution in [-0.2, 0) is 11.3 Å². The van der Waals surface area contributed by atoms with Gasteiger partial charge >= 0.3 is 5.69 Å². The van der Waals surface area contributed by atoms with Gasteiger partial charge in [0.1, 0.15) is 5.82 Å². The fourth-order valence-corrected chi connectivity index (χ4v) is 4.28. The third kappa shape index (κ3) is 4.84. The fourth-order valence-electron chi connectivity index (χ4n) is 4.28. The zero-order valence-electron chi connectivity index (χ0n) is 18.6. The van der Waals surface area contributed by atoms with Crippen LogP contribution in [0.2, 0.25) is 0 Å². The van der Waals surface area contributed by atoms with E-state index in [1.54, 1.807) is 30.3 Å². The minimum Gasteiger partial charge on any atom is -0.383 e. The number of carbonyl (C=O) groups is 1. The number of benzene rings is 2. The van der Waals surface area contributed by atoms with Gasteiger partial charge in [0.2, 0.25) is 0 Å². The van der Waals surface area contributed by atoms with Crippen molar-refractivity contribution in [1.82, 2.24) is 9.55 Å². The maximum atomic E-state index is 13.4. The van der Waals surface area contributed by atoms with Gasteiger partial charge in [0, 0.05) is 12.1 Å². The summed E-state index contributed by atoms with van der Waals surface area (Å²) in [6.07, 6.45) is 6.39. The quantitative estimate of drug-likeness (QED) is 0.553. The molecule has 0 saturated heterocycles. The van der Waals surface area contributed by atoms with Crippen LogP contribution < -0.4 is 21.9 Å². The summed E-state index contributed by atoms with van der Waals surface area (Å²) in [7, 11) is 0. The van der Waals surface area contributed by atoms with Gasteiger partial charge in [-0.3, -0.25) is 24.0 Å². The van der Waals surface area contributed by atoms with Gasteiger partial charge in [-0.1, -0.05) is 55.3 Å². The second kappa shape index (κ2) is 10.0. The molecular formula is C26H25N5O3. The molecule has 1 heterocycles. The van der Waals surface area contributed by atoms with E-state index in [1.165, 1.54) is 15.5 Å². The number of nitrogens with zero attached hydrogens (tertiary/aromatic N) is 3. The Morgan fingerprint density at radius 3 is 2.44 bits per heavy atom. The van der Waals surface area contributed by atoms with Crippen molar-refractivity contribution in [1.29, 1.82) is 5.26 Å². The monoisotopic (exact) mass is 455 g/mol. The molecule has 0 spiro atoms. The summed E-state index contributed by atoms with van der Waals surface area (Å²) in [4.78, 5) is 42.6. The predicted octanol–water partition coefficient (Wildman–Crippen LogP) is 3.03. The molecular weight excluding hydrogens is 430 g/mol. The lowest BCUT2D eigenvalue weighted by molar-refractivity contribution is -0.114. The van der Waals surface area contributed by atoms with Gasteiger partial charge in [0.15, 0.2) is 5.69 Å². The number of nitrogens with two attached hydrogens (primary N) is 1. The summed E-state index contributed by atoms with van der Waals surface area (Å²) in [5.41, 5.74) is 7.18. The van der Waals surface area contributed by atoms with Crippen LogP contribution >= 0.6 is 0 Å². The normalized spacial score (nSPS) is 13.7. The zero-order chi connectivity index (χ0) is 24.1. The number of nitrogens with one attached hydrogen (secondary N) is 1. The Bertz CT molecular complexity index is 1360. The summed E-state index contributed by atoms with van der Waals surface area (Å²) in [6.45, 7) is 0.170. The second-order valence-corrected chi connectivity index (χ2v) is 8.28. The Morgan fingerprint density at radius 2 is 1.79 bits per heavy atom. The molecule has 0 atom stereocenters. The molecule has 8 heteroatoms. The summed E-state index contributed by atoms with van der Waals surface area (Å²) in [5.74, 6) is -0.428. The van der Waals surface area contributed by atoms with Crippen molar-refractivity contribution in [2.75, 3.05) is 10.6 Å². The highest BCUT2D eigenvalue weighted by atomic mass is 16.2. The number of carbonyl (C=O) groups excluding carboxylic acids is 1. The van der Waals surface area contributed by atoms with E-state index in [0.717, 1.165) is 36.8 Å². The smallest absolute Gasteiger partial charge is 0.330 e. The third-order valence-electron chi connectivity index (χ3n) is 6.02. The molecule has 0 radical (unpaired) electrons. The predicted molar refractivity (Wildman–Crippen MR) is 131 cm³/mol. The molecule has 4 rings (SSSR count). The fraction of sp³-hybridized carbons (Fsp3) is 0.231. The van der Waals surface area contributed by atoms with Crippen LogP contribution in [0.1, 0.15) is 42.4 Å². The first-order valence-corrected chi connectivity index (χ1v) is 11.2. The van der Waals surface area contributed by atoms with Gasteiger partial charge < -0.3 is 5.73 Å². The highest BCUT2D eigenvalue weighted by Gasteiger charge is 2.31. The van der Waals surface area contributed by atoms with E-state index in [-0.39, 0.29) is 24.1 Å². The number of hydrogen-bond acceptors (Lipinski definition) is 5. The van der Waals surface area contributed by atoms with Crippen molar-refractivity contribution < 1.29 is 4.79 Å². The molecule has 34 heavy (non-hydrogen) atoms. The maximum Gasteiger partial charge on any atom is 0.330 e. The molecule has 0 unspecified atom stereocenters. The Labute approximate surface area is 196 Å². The summed E-state index contributed by atoms with van der Waals surface area (Å²) >= 11 is 0. The number of aromatic amines is 1. The van der Waals surface area contributed by atoms with Crippen molar-refractivity contribution >= 4 is 23.5 Å². The van der Waals surface area contributed by atoms with Crippen molar-refractivity contribution in [2.24, 2.45) is 0 Å². The molecule has 3 aromatic rings. The van der Waals surface area contributed by atoms with Crippen LogP contribution in [0.25, 0.3) is 6.08 Å². The molecule has 1 aliphatic carbocycles. The molecule has 0 bridgehead atoms. The summed E-state index contributed by atoms with van der Waals surface area (Å²) < 4.78 is 1.28. The lowest BCUT2D eigenvalue weighted by atomic mass is 10.1. The lowest BCUT2D eigenvalue weighted by Crippen LogP contribution is -2.45. The van der Waals surface area contributed by atoms with E-state index in [0.29, 0.717) is 5.56 Å². The third-order valence-corrected chi connectivity index (χ3v) is 6.02. The SMILES string of the molecule is N#Cc1ccc(C=CC(=O)N(c2c(N)n(Cc3ccccc3)c(=O)[nH]c2=O)C2CCCC2)cc1. The van der Waals surface area contributed by atoms with E-state index in [1.807, 2.05) is 30.3 Å². The largest absolute Gasteiger partial charge is 0.383 e. The van der Waals surface area contributed by atoms with Crippen molar-refractivity contribution in [3.63, 3.8) is 0 Å². The molecule has 1 aromatic heterocycles. The van der Waals surface area contributed by atoms with Gasteiger partial charge in [0.05, 0.1) is 18.2 Å². The molecule has 172 valence electrons. The number of aromatic nitrogens is 2. The minimum absolute atomic E-state index is 0.00286. The number of rotatable bonds is 6. The van der Waals surface area contributed by atoms with Crippen molar-refractivity contribution in [3.05, 3.63) is 98.2 Å². The van der Waals surface area contributed by atoms with Gasteiger partial charge in [-0.15, -0.1) is 0 Å². The van der Waals surface area contributed by atoms with E-state index < -0.39 is 17.2 Å². The Morgan fingerprint density at radius 1 is 1.12 bits per heavy atom. The van der Waals surface area contributed by atoms with Crippen LogP contribution in [0.3, 0.4) is 0 Å². The summed E-state index contributed by atoms with van der Waals surface area (Å²) in [6, 6.07) is 18.0. The number of anilines is 2. The topological polar surface area (TPSA) is 125 Å². The van der Waals surface area contributed by atoms with Gasteiger partial charge in [-0.05, 0) is 42.2 Å². The first kappa shape index (κ1) is 22.8.